The molecule has 2 heteroatoms. The Balaban J connectivity index is 1.88. The summed E-state index contributed by atoms with van der Waals surface area (Å²) in [5.74, 6) is 0. The summed E-state index contributed by atoms with van der Waals surface area (Å²) in [6.45, 7) is 0. The summed E-state index contributed by atoms with van der Waals surface area (Å²) in [5, 5.41) is 6.56. The van der Waals surface area contributed by atoms with Crippen LogP contribution in [0, 0.1) is 0 Å². The molecular formula is C20H14OP+. The molecule has 0 aliphatic carbocycles. The average Bonchev–Trinajstić information content (AvgIpc) is 2.61. The highest BCUT2D eigenvalue weighted by Gasteiger charge is 2.23. The third kappa shape index (κ3) is 2.20. The van der Waals surface area contributed by atoms with Gasteiger partial charge in [0.25, 0.3) is 0 Å². The molecular weight excluding hydrogens is 287 g/mol. The van der Waals surface area contributed by atoms with Gasteiger partial charge in [-0.3, -0.25) is 0 Å². The quantitative estimate of drug-likeness (QED) is 0.385. The molecule has 22 heavy (non-hydrogen) atoms. The van der Waals surface area contributed by atoms with E-state index in [1.807, 2.05) is 42.5 Å². The van der Waals surface area contributed by atoms with Crippen molar-refractivity contribution in [2.75, 3.05) is 0 Å². The van der Waals surface area contributed by atoms with Crippen LogP contribution in [0.15, 0.2) is 84.9 Å². The first-order valence-electron chi connectivity index (χ1n) is 7.27. The van der Waals surface area contributed by atoms with Crippen molar-refractivity contribution < 1.29 is 4.57 Å². The lowest BCUT2D eigenvalue weighted by Crippen LogP contribution is -2.05. The molecule has 0 aliphatic rings. The van der Waals surface area contributed by atoms with E-state index in [-0.39, 0.29) is 0 Å². The summed E-state index contributed by atoms with van der Waals surface area (Å²) < 4.78 is 12.7. The minimum atomic E-state index is -1.54. The predicted octanol–water partition coefficient (Wildman–Crippen LogP) is 4.77. The topological polar surface area (TPSA) is 17.1 Å². The molecule has 0 heterocycles. The smallest absolute Gasteiger partial charge is 0.0619 e. The van der Waals surface area contributed by atoms with Gasteiger partial charge in [0.1, 0.15) is 0 Å². The van der Waals surface area contributed by atoms with Crippen LogP contribution in [0.5, 0.6) is 0 Å². The Hall–Kier alpha value is -2.50. The lowest BCUT2D eigenvalue weighted by molar-refractivity contribution is 0.598. The maximum absolute atomic E-state index is 12.7. The Morgan fingerprint density at radius 1 is 0.545 bits per heavy atom. The Kier molecular flexibility index (Phi) is 3.21. The molecule has 104 valence electrons. The van der Waals surface area contributed by atoms with E-state index in [2.05, 4.69) is 42.5 Å². The van der Waals surface area contributed by atoms with E-state index in [0.29, 0.717) is 0 Å². The third-order valence-corrected chi connectivity index (χ3v) is 5.47. The highest BCUT2D eigenvalue weighted by atomic mass is 31.1. The van der Waals surface area contributed by atoms with E-state index >= 15 is 0 Å². The molecule has 0 amide bonds. The van der Waals surface area contributed by atoms with Crippen molar-refractivity contribution in [3.63, 3.8) is 0 Å². The van der Waals surface area contributed by atoms with Crippen LogP contribution in [0.2, 0.25) is 0 Å². The molecule has 0 N–H and O–H groups in total. The van der Waals surface area contributed by atoms with Gasteiger partial charge in [0.15, 0.2) is 10.6 Å². The van der Waals surface area contributed by atoms with Crippen LogP contribution in [0.1, 0.15) is 0 Å². The van der Waals surface area contributed by atoms with E-state index in [1.54, 1.807) is 0 Å². The molecule has 4 aromatic rings. The van der Waals surface area contributed by atoms with E-state index in [1.165, 1.54) is 16.2 Å². The molecule has 1 unspecified atom stereocenters. The first kappa shape index (κ1) is 13.2. The number of fused-ring (bicyclic) bond motifs is 3. The molecule has 0 fully saturated rings. The van der Waals surface area contributed by atoms with Gasteiger partial charge in [-0.05, 0) is 51.9 Å². The predicted molar refractivity (Wildman–Crippen MR) is 94.8 cm³/mol. The van der Waals surface area contributed by atoms with Gasteiger partial charge < -0.3 is 0 Å². The van der Waals surface area contributed by atoms with Gasteiger partial charge in [-0.25, -0.2) is 0 Å². The standard InChI is InChI=1S/C20H14OP/c21-22(17-7-2-1-3-8-17)18-12-13-20-16(14-18)11-10-15-6-4-5-9-19(15)20/h1-14H/q+1. The van der Waals surface area contributed by atoms with Crippen LogP contribution in [0.3, 0.4) is 0 Å². The average molecular weight is 301 g/mol. The van der Waals surface area contributed by atoms with Gasteiger partial charge in [0, 0.05) is 0 Å². The lowest BCUT2D eigenvalue weighted by Gasteiger charge is -2.03. The maximum Gasteiger partial charge on any atom is 0.415 e. The highest BCUT2D eigenvalue weighted by molar-refractivity contribution is 7.61. The second-order valence-electron chi connectivity index (χ2n) is 5.32. The van der Waals surface area contributed by atoms with Crippen molar-refractivity contribution in [2.24, 2.45) is 0 Å². The van der Waals surface area contributed by atoms with Crippen molar-refractivity contribution in [2.45, 2.75) is 0 Å². The van der Waals surface area contributed by atoms with Crippen molar-refractivity contribution in [3.05, 3.63) is 84.9 Å². The van der Waals surface area contributed by atoms with Crippen LogP contribution >= 0.6 is 7.80 Å². The summed E-state index contributed by atoms with van der Waals surface area (Å²) in [7, 11) is -1.54. The van der Waals surface area contributed by atoms with Gasteiger partial charge in [0.05, 0.1) is 0 Å². The molecule has 0 bridgehead atoms. The Labute approximate surface area is 130 Å². The van der Waals surface area contributed by atoms with Crippen molar-refractivity contribution in [3.8, 4) is 0 Å². The minimum absolute atomic E-state index is 0.873. The SMILES string of the molecule is O=[P+](c1ccccc1)c1ccc2c(ccc3ccccc32)c1. The molecule has 0 aliphatic heterocycles. The molecule has 0 saturated carbocycles. The molecule has 0 saturated heterocycles. The molecule has 4 aromatic carbocycles. The fourth-order valence-electron chi connectivity index (χ4n) is 2.84. The second-order valence-corrected chi connectivity index (χ2v) is 6.94. The van der Waals surface area contributed by atoms with Crippen molar-refractivity contribution in [1.82, 2.24) is 0 Å². The van der Waals surface area contributed by atoms with Crippen LogP contribution in [0.25, 0.3) is 21.5 Å². The molecule has 0 radical (unpaired) electrons. The Bertz CT molecular complexity index is 990. The zero-order chi connectivity index (χ0) is 14.9. The molecule has 4 rings (SSSR count). The molecule has 0 spiro atoms. The van der Waals surface area contributed by atoms with E-state index in [9.17, 15) is 4.57 Å². The normalized spacial score (nSPS) is 11.7. The van der Waals surface area contributed by atoms with Crippen molar-refractivity contribution in [1.29, 1.82) is 0 Å². The highest BCUT2D eigenvalue weighted by Crippen LogP contribution is 2.27. The summed E-state index contributed by atoms with van der Waals surface area (Å²) in [5.41, 5.74) is 0. The minimum Gasteiger partial charge on any atom is -0.0619 e. The first-order valence-corrected chi connectivity index (χ1v) is 8.53. The lowest BCUT2D eigenvalue weighted by atomic mass is 10.0. The molecule has 0 aromatic heterocycles. The van der Waals surface area contributed by atoms with Crippen LogP contribution in [-0.2, 0) is 4.57 Å². The molecule has 1 nitrogen and oxygen atoms in total. The largest absolute Gasteiger partial charge is 0.415 e. The van der Waals surface area contributed by atoms with Gasteiger partial charge in [-0.1, -0.05) is 59.2 Å². The summed E-state index contributed by atoms with van der Waals surface area (Å²) >= 11 is 0. The number of hydrogen-bond donors (Lipinski definition) is 0. The third-order valence-electron chi connectivity index (χ3n) is 3.95. The zero-order valence-electron chi connectivity index (χ0n) is 11.9. The molecule has 1 atom stereocenters. The van der Waals surface area contributed by atoms with Gasteiger partial charge in [-0.15, -0.1) is 0 Å². The number of benzene rings is 4. The van der Waals surface area contributed by atoms with Gasteiger partial charge >= 0.3 is 7.80 Å². The zero-order valence-corrected chi connectivity index (χ0v) is 12.8. The number of rotatable bonds is 2. The fraction of sp³-hybridized carbons (Fsp3) is 0. The van der Waals surface area contributed by atoms with Crippen LogP contribution < -0.4 is 10.6 Å². The van der Waals surface area contributed by atoms with E-state index in [0.717, 1.165) is 16.0 Å². The second kappa shape index (κ2) is 5.36. The summed E-state index contributed by atoms with van der Waals surface area (Å²) in [4.78, 5) is 0. The summed E-state index contributed by atoms with van der Waals surface area (Å²) in [6.07, 6.45) is 0. The Morgan fingerprint density at radius 2 is 1.23 bits per heavy atom. The van der Waals surface area contributed by atoms with Gasteiger partial charge in [-0.2, -0.15) is 0 Å². The van der Waals surface area contributed by atoms with Crippen LogP contribution in [0.4, 0.5) is 0 Å². The van der Waals surface area contributed by atoms with E-state index in [4.69, 9.17) is 0 Å². The monoisotopic (exact) mass is 301 g/mol. The van der Waals surface area contributed by atoms with Gasteiger partial charge in [0.2, 0.25) is 0 Å². The van der Waals surface area contributed by atoms with Crippen molar-refractivity contribution >= 4 is 40.0 Å². The Morgan fingerprint density at radius 3 is 2.09 bits per heavy atom. The van der Waals surface area contributed by atoms with Crippen LogP contribution in [-0.4, -0.2) is 0 Å². The first-order chi connectivity index (χ1) is 10.8. The summed E-state index contributed by atoms with van der Waals surface area (Å²) in [6, 6.07) is 28.3. The van der Waals surface area contributed by atoms with E-state index < -0.39 is 7.80 Å². The maximum atomic E-state index is 12.7. The number of hydrogen-bond acceptors (Lipinski definition) is 1. The fourth-order valence-corrected chi connectivity index (χ4v) is 4.05.